The average molecular weight is 275 g/mol. The Hall–Kier alpha value is -1.39. The van der Waals surface area contributed by atoms with Crippen LogP contribution in [0.5, 0.6) is 0 Å². The fourth-order valence-corrected chi connectivity index (χ4v) is 2.67. The van der Waals surface area contributed by atoms with Gasteiger partial charge in [-0.25, -0.2) is 4.98 Å². The molecule has 4 heteroatoms. The van der Waals surface area contributed by atoms with Crippen molar-refractivity contribution in [1.82, 2.24) is 10.3 Å². The van der Waals surface area contributed by atoms with Crippen LogP contribution in [0.15, 0.2) is 35.7 Å². The van der Waals surface area contributed by atoms with Gasteiger partial charge in [-0.05, 0) is 32.0 Å². The quantitative estimate of drug-likeness (QED) is 0.787. The van der Waals surface area contributed by atoms with E-state index in [4.69, 9.17) is 0 Å². The van der Waals surface area contributed by atoms with Gasteiger partial charge in [0.25, 0.3) is 0 Å². The highest BCUT2D eigenvalue weighted by atomic mass is 32.1. The van der Waals surface area contributed by atoms with Crippen molar-refractivity contribution in [2.45, 2.75) is 19.9 Å². The van der Waals surface area contributed by atoms with Crippen molar-refractivity contribution in [2.24, 2.45) is 0 Å². The largest absolute Gasteiger partial charge is 0.375 e. The van der Waals surface area contributed by atoms with Gasteiger partial charge in [-0.2, -0.15) is 0 Å². The van der Waals surface area contributed by atoms with E-state index in [1.54, 1.807) is 11.3 Å². The highest BCUT2D eigenvalue weighted by molar-refractivity contribution is 7.09. The Balaban J connectivity index is 1.62. The number of nitrogens with zero attached hydrogens (tertiary/aromatic N) is 2. The van der Waals surface area contributed by atoms with Crippen molar-refractivity contribution in [3.05, 3.63) is 46.4 Å². The van der Waals surface area contributed by atoms with Gasteiger partial charge in [-0.15, -0.1) is 11.3 Å². The van der Waals surface area contributed by atoms with E-state index in [1.165, 1.54) is 10.7 Å². The van der Waals surface area contributed by atoms with Gasteiger partial charge in [0.15, 0.2) is 0 Å². The summed E-state index contributed by atoms with van der Waals surface area (Å²) in [5.74, 6) is 0. The lowest BCUT2D eigenvalue weighted by Crippen LogP contribution is -2.23. The van der Waals surface area contributed by atoms with E-state index in [1.807, 2.05) is 6.92 Å². The minimum Gasteiger partial charge on any atom is -0.375 e. The van der Waals surface area contributed by atoms with Crippen LogP contribution in [0, 0.1) is 6.92 Å². The van der Waals surface area contributed by atoms with Crippen LogP contribution in [-0.2, 0) is 6.54 Å². The third-order valence-corrected chi connectivity index (χ3v) is 3.95. The topological polar surface area (TPSA) is 28.2 Å². The number of rotatable bonds is 7. The number of aryl methyl sites for hydroxylation is 1. The summed E-state index contributed by atoms with van der Waals surface area (Å²) in [6.07, 6.45) is 1.13. The van der Waals surface area contributed by atoms with E-state index >= 15 is 0 Å². The Labute approximate surface area is 119 Å². The van der Waals surface area contributed by atoms with Crippen LogP contribution < -0.4 is 10.2 Å². The molecule has 0 spiro atoms. The van der Waals surface area contributed by atoms with Crippen molar-refractivity contribution in [3.8, 4) is 0 Å². The van der Waals surface area contributed by atoms with Crippen molar-refractivity contribution in [1.29, 1.82) is 0 Å². The molecule has 3 nitrogen and oxygen atoms in total. The highest BCUT2D eigenvalue weighted by Gasteiger charge is 2.00. The van der Waals surface area contributed by atoms with Gasteiger partial charge in [-0.3, -0.25) is 0 Å². The lowest BCUT2D eigenvalue weighted by atomic mass is 10.3. The molecule has 2 aromatic rings. The molecule has 0 saturated carbocycles. The third kappa shape index (κ3) is 4.65. The second-order valence-electron chi connectivity index (χ2n) is 4.67. The van der Waals surface area contributed by atoms with Crippen LogP contribution >= 0.6 is 11.3 Å². The van der Waals surface area contributed by atoms with E-state index in [0.717, 1.165) is 31.7 Å². The molecule has 1 aromatic heterocycles. The summed E-state index contributed by atoms with van der Waals surface area (Å²) in [5, 5.41) is 6.72. The number of hydrogen-bond donors (Lipinski definition) is 1. The van der Waals surface area contributed by atoms with Crippen LogP contribution in [0.4, 0.5) is 5.69 Å². The Bertz CT molecular complexity index is 481. The van der Waals surface area contributed by atoms with Crippen LogP contribution in [0.25, 0.3) is 0 Å². The molecule has 1 aromatic carbocycles. The van der Waals surface area contributed by atoms with E-state index in [0.29, 0.717) is 0 Å². The molecular formula is C15H21N3S. The Morgan fingerprint density at radius 2 is 2.05 bits per heavy atom. The molecule has 1 heterocycles. The van der Waals surface area contributed by atoms with Crippen molar-refractivity contribution in [3.63, 3.8) is 0 Å². The van der Waals surface area contributed by atoms with E-state index in [2.05, 4.69) is 58.0 Å². The molecule has 2 rings (SSSR count). The van der Waals surface area contributed by atoms with Gasteiger partial charge in [0.1, 0.15) is 5.01 Å². The molecule has 0 aliphatic rings. The van der Waals surface area contributed by atoms with Crippen LogP contribution in [0.1, 0.15) is 17.1 Å². The molecule has 19 heavy (non-hydrogen) atoms. The first-order valence-corrected chi connectivity index (χ1v) is 7.51. The lowest BCUT2D eigenvalue weighted by Gasteiger charge is -2.19. The van der Waals surface area contributed by atoms with Crippen LogP contribution in [0.2, 0.25) is 0 Å². The zero-order valence-corrected chi connectivity index (χ0v) is 12.4. The van der Waals surface area contributed by atoms with E-state index in [9.17, 15) is 0 Å². The summed E-state index contributed by atoms with van der Waals surface area (Å²) in [5.41, 5.74) is 2.39. The number of hydrogen-bond acceptors (Lipinski definition) is 4. The van der Waals surface area contributed by atoms with Gasteiger partial charge >= 0.3 is 0 Å². The van der Waals surface area contributed by atoms with Gasteiger partial charge in [0.2, 0.25) is 0 Å². The fourth-order valence-electron chi connectivity index (χ4n) is 1.93. The molecular weight excluding hydrogens is 254 g/mol. The maximum Gasteiger partial charge on any atom is 0.107 e. The first-order chi connectivity index (χ1) is 9.25. The van der Waals surface area contributed by atoms with Crippen molar-refractivity contribution < 1.29 is 0 Å². The minimum atomic E-state index is 0.882. The van der Waals surface area contributed by atoms with Gasteiger partial charge in [0.05, 0.1) is 0 Å². The zero-order valence-electron chi connectivity index (χ0n) is 11.6. The van der Waals surface area contributed by atoms with E-state index < -0.39 is 0 Å². The first-order valence-electron chi connectivity index (χ1n) is 6.63. The second kappa shape index (κ2) is 7.26. The normalized spacial score (nSPS) is 10.6. The molecule has 0 aliphatic heterocycles. The van der Waals surface area contributed by atoms with Crippen LogP contribution in [0.3, 0.4) is 0 Å². The fraction of sp³-hybridized carbons (Fsp3) is 0.400. The molecule has 0 amide bonds. The van der Waals surface area contributed by atoms with Crippen molar-refractivity contribution >= 4 is 17.0 Å². The van der Waals surface area contributed by atoms with Crippen LogP contribution in [-0.4, -0.2) is 25.1 Å². The molecule has 0 saturated heterocycles. The second-order valence-corrected chi connectivity index (χ2v) is 5.61. The number of thiazole rings is 1. The molecule has 102 valence electrons. The summed E-state index contributed by atoms with van der Waals surface area (Å²) < 4.78 is 0. The maximum absolute atomic E-state index is 4.44. The standard InChI is InChI=1S/C15H21N3S/c1-13-12-19-15(17-13)11-16-9-6-10-18(2)14-7-4-3-5-8-14/h3-5,7-8,12,16H,6,9-11H2,1-2H3. The lowest BCUT2D eigenvalue weighted by molar-refractivity contribution is 0.643. The molecule has 0 aliphatic carbocycles. The summed E-state index contributed by atoms with van der Waals surface area (Å²) >= 11 is 1.73. The monoisotopic (exact) mass is 275 g/mol. The Morgan fingerprint density at radius 3 is 2.74 bits per heavy atom. The predicted molar refractivity (Wildman–Crippen MR) is 82.9 cm³/mol. The molecule has 0 radical (unpaired) electrons. The Kier molecular flexibility index (Phi) is 5.36. The minimum absolute atomic E-state index is 0.882. The summed E-state index contributed by atoms with van der Waals surface area (Å²) in [6, 6.07) is 10.5. The number of anilines is 1. The molecule has 0 bridgehead atoms. The van der Waals surface area contributed by atoms with Gasteiger partial charge in [-0.1, -0.05) is 18.2 Å². The zero-order chi connectivity index (χ0) is 13.5. The summed E-state index contributed by atoms with van der Waals surface area (Å²) in [7, 11) is 2.14. The Morgan fingerprint density at radius 1 is 1.26 bits per heavy atom. The molecule has 0 atom stereocenters. The average Bonchev–Trinajstić information content (AvgIpc) is 2.85. The number of benzene rings is 1. The number of aromatic nitrogens is 1. The van der Waals surface area contributed by atoms with E-state index in [-0.39, 0.29) is 0 Å². The predicted octanol–water partition coefficient (Wildman–Crippen LogP) is 3.07. The number of nitrogens with one attached hydrogen (secondary N) is 1. The summed E-state index contributed by atoms with van der Waals surface area (Å²) in [4.78, 5) is 6.72. The molecule has 0 unspecified atom stereocenters. The summed E-state index contributed by atoms with van der Waals surface area (Å²) in [6.45, 7) is 5.01. The maximum atomic E-state index is 4.44. The smallest absolute Gasteiger partial charge is 0.107 e. The highest BCUT2D eigenvalue weighted by Crippen LogP contribution is 2.11. The first kappa shape index (κ1) is 14.0. The SMILES string of the molecule is Cc1csc(CNCCCN(C)c2ccccc2)n1. The third-order valence-electron chi connectivity index (χ3n) is 2.99. The molecule has 1 N–H and O–H groups in total. The number of para-hydroxylation sites is 1. The van der Waals surface area contributed by atoms with Gasteiger partial charge < -0.3 is 10.2 Å². The van der Waals surface area contributed by atoms with Gasteiger partial charge in [0, 0.05) is 36.9 Å². The van der Waals surface area contributed by atoms with Crippen molar-refractivity contribution in [2.75, 3.05) is 25.0 Å². The molecule has 0 fully saturated rings.